The zero-order valence-corrected chi connectivity index (χ0v) is 40.8. The molecule has 1 N–H and O–H groups in total. The van der Waals surface area contributed by atoms with E-state index >= 15 is 0 Å². The molecular weight excluding hydrogens is 782 g/mol. The van der Waals surface area contributed by atoms with E-state index in [-0.39, 0.29) is 26.2 Å². The molecule has 0 saturated heterocycles. The van der Waals surface area contributed by atoms with Crippen LogP contribution in [0.3, 0.4) is 0 Å². The van der Waals surface area contributed by atoms with E-state index in [1.54, 1.807) is 6.08 Å². The normalized spacial score (nSPS) is 14.4. The number of esters is 1. The van der Waals surface area contributed by atoms with Crippen molar-refractivity contribution in [1.29, 1.82) is 0 Å². The molecule has 0 bridgehead atoms. The smallest absolute Gasteiger partial charge is 0.457 e. The van der Waals surface area contributed by atoms with Gasteiger partial charge in [-0.2, -0.15) is 0 Å². The van der Waals surface area contributed by atoms with E-state index in [9.17, 15) is 14.3 Å². The predicted octanol–water partition coefficient (Wildman–Crippen LogP) is 14.8. The van der Waals surface area contributed by atoms with Crippen molar-refractivity contribution in [3.8, 4) is 0 Å². The molecule has 352 valence electrons. The van der Waals surface area contributed by atoms with E-state index in [0.29, 0.717) is 17.6 Å². The van der Waals surface area contributed by atoms with Gasteiger partial charge in [0, 0.05) is 6.61 Å². The van der Waals surface area contributed by atoms with Gasteiger partial charge in [0.25, 0.3) is 0 Å². The standard InChI is InChI=1S/C52H92NO7P/c1-6-8-10-12-14-16-18-20-22-23-24-25-26-27-28-29-30-32-34-36-38-40-42-44-47-57-49-51(50-59-61(55,56)58-48-46-53(3,4)5)60-52(54)45-43-41-39-37-35-33-31-21-19-17-15-13-11-9-7-2/h9,11,15,17-18,20-21,23-24,31,35,37,41,43,51H,6-8,10,12-14,16,19,22,25-30,32-34,36,38-40,42,44-50H2,1-5H3/p+1/b11-9-,17-15-,20-18-,24-23-,31-21-,37-35-,43-41-. The third-order valence-electron chi connectivity index (χ3n) is 9.97. The minimum atomic E-state index is -4.31. The number of hydrogen-bond acceptors (Lipinski definition) is 6. The second-order valence-corrected chi connectivity index (χ2v) is 18.6. The Bertz CT molecular complexity index is 1250. The highest BCUT2D eigenvalue weighted by Gasteiger charge is 2.26. The number of nitrogens with zero attached hydrogens (tertiary/aromatic N) is 1. The number of rotatable bonds is 44. The molecule has 0 aliphatic rings. The number of carbonyl (C=O) groups is 1. The number of quaternary nitrogens is 1. The Morgan fingerprint density at radius 3 is 1.43 bits per heavy atom. The summed E-state index contributed by atoms with van der Waals surface area (Å²) in [6.07, 6.45) is 59.5. The lowest BCUT2D eigenvalue weighted by atomic mass is 10.0. The molecule has 2 atom stereocenters. The minimum Gasteiger partial charge on any atom is -0.457 e. The van der Waals surface area contributed by atoms with E-state index in [4.69, 9.17) is 18.5 Å². The van der Waals surface area contributed by atoms with Crippen molar-refractivity contribution >= 4 is 13.8 Å². The van der Waals surface area contributed by atoms with Gasteiger partial charge in [-0.05, 0) is 70.6 Å². The first-order valence-electron chi connectivity index (χ1n) is 24.3. The second-order valence-electron chi connectivity index (χ2n) is 17.1. The van der Waals surface area contributed by atoms with Crippen molar-refractivity contribution in [2.45, 2.75) is 187 Å². The summed E-state index contributed by atoms with van der Waals surface area (Å²) in [5, 5.41) is 0. The number of ether oxygens (including phenoxy) is 2. The van der Waals surface area contributed by atoms with Crippen LogP contribution in [0.25, 0.3) is 0 Å². The minimum absolute atomic E-state index is 0.0681. The van der Waals surface area contributed by atoms with Gasteiger partial charge in [0.15, 0.2) is 0 Å². The van der Waals surface area contributed by atoms with Gasteiger partial charge >= 0.3 is 13.8 Å². The van der Waals surface area contributed by atoms with Crippen molar-refractivity contribution in [2.75, 3.05) is 54.1 Å². The molecule has 0 aromatic heterocycles. The molecule has 0 spiro atoms. The first-order chi connectivity index (χ1) is 29.6. The average Bonchev–Trinajstić information content (AvgIpc) is 3.22. The Morgan fingerprint density at radius 1 is 0.525 bits per heavy atom. The van der Waals surface area contributed by atoms with Crippen molar-refractivity contribution in [2.24, 2.45) is 0 Å². The van der Waals surface area contributed by atoms with E-state index in [1.165, 1.54) is 109 Å². The quantitative estimate of drug-likeness (QED) is 0.0214. The zero-order valence-electron chi connectivity index (χ0n) is 39.9. The summed E-state index contributed by atoms with van der Waals surface area (Å²) in [6, 6.07) is 0. The number of phosphoric ester groups is 1. The number of carbonyl (C=O) groups excluding carboxylic acids is 1. The maximum Gasteiger partial charge on any atom is 0.472 e. The van der Waals surface area contributed by atoms with Crippen LogP contribution >= 0.6 is 7.82 Å². The van der Waals surface area contributed by atoms with Gasteiger partial charge in [0.1, 0.15) is 19.3 Å². The highest BCUT2D eigenvalue weighted by Crippen LogP contribution is 2.43. The summed E-state index contributed by atoms with van der Waals surface area (Å²) in [5.41, 5.74) is 0. The Morgan fingerprint density at radius 2 is 0.951 bits per heavy atom. The van der Waals surface area contributed by atoms with Crippen molar-refractivity contribution in [3.05, 3.63) is 85.1 Å². The van der Waals surface area contributed by atoms with Crippen molar-refractivity contribution in [1.82, 2.24) is 0 Å². The number of allylic oxidation sites excluding steroid dienone is 13. The molecule has 0 rings (SSSR count). The molecule has 0 heterocycles. The number of hydrogen-bond donors (Lipinski definition) is 1. The predicted molar refractivity (Wildman–Crippen MR) is 261 cm³/mol. The van der Waals surface area contributed by atoms with Crippen LogP contribution < -0.4 is 0 Å². The van der Waals surface area contributed by atoms with Gasteiger partial charge in [0.2, 0.25) is 0 Å². The Labute approximate surface area is 375 Å². The molecule has 8 nitrogen and oxygen atoms in total. The van der Waals surface area contributed by atoms with Gasteiger partial charge < -0.3 is 18.9 Å². The first-order valence-corrected chi connectivity index (χ1v) is 25.8. The lowest BCUT2D eigenvalue weighted by Gasteiger charge is -2.24. The van der Waals surface area contributed by atoms with E-state index in [1.807, 2.05) is 27.2 Å². The van der Waals surface area contributed by atoms with Crippen LogP contribution in [-0.2, 0) is 27.9 Å². The molecule has 0 saturated carbocycles. The molecule has 0 aliphatic carbocycles. The van der Waals surface area contributed by atoms with Crippen LogP contribution in [0.1, 0.15) is 181 Å². The molecule has 0 aliphatic heterocycles. The summed E-state index contributed by atoms with van der Waals surface area (Å²) in [6.45, 7) is 5.35. The number of phosphoric acid groups is 1. The van der Waals surface area contributed by atoms with Crippen molar-refractivity contribution < 1.29 is 37.3 Å². The summed E-state index contributed by atoms with van der Waals surface area (Å²) >= 11 is 0. The molecule has 0 fully saturated rings. The van der Waals surface area contributed by atoms with Gasteiger partial charge in [-0.15, -0.1) is 0 Å². The third-order valence-corrected chi connectivity index (χ3v) is 11.0. The molecule has 0 amide bonds. The van der Waals surface area contributed by atoms with Gasteiger partial charge in [-0.25, -0.2) is 4.57 Å². The van der Waals surface area contributed by atoms with Crippen LogP contribution in [0.4, 0.5) is 0 Å². The lowest BCUT2D eigenvalue weighted by Crippen LogP contribution is -2.37. The van der Waals surface area contributed by atoms with Crippen LogP contribution in [0.2, 0.25) is 0 Å². The highest BCUT2D eigenvalue weighted by atomic mass is 31.2. The zero-order chi connectivity index (χ0) is 44.8. The van der Waals surface area contributed by atoms with E-state index in [2.05, 4.69) is 86.8 Å². The highest BCUT2D eigenvalue weighted by molar-refractivity contribution is 7.47. The van der Waals surface area contributed by atoms with Crippen LogP contribution in [0, 0.1) is 0 Å². The Hall–Kier alpha value is -2.32. The average molecular weight is 875 g/mol. The Kier molecular flexibility index (Phi) is 42.6. The summed E-state index contributed by atoms with van der Waals surface area (Å²) < 4.78 is 34.9. The summed E-state index contributed by atoms with van der Waals surface area (Å²) in [5.74, 6) is -0.442. The monoisotopic (exact) mass is 875 g/mol. The topological polar surface area (TPSA) is 91.3 Å². The number of likely N-dealkylation sites (N-methyl/N-ethyl adjacent to an activating group) is 1. The van der Waals surface area contributed by atoms with Crippen LogP contribution in [0.5, 0.6) is 0 Å². The first kappa shape index (κ1) is 58.7. The number of unbranched alkanes of at least 4 members (excludes halogenated alkanes) is 17. The van der Waals surface area contributed by atoms with Gasteiger partial charge in [-0.3, -0.25) is 13.8 Å². The molecule has 61 heavy (non-hydrogen) atoms. The van der Waals surface area contributed by atoms with Gasteiger partial charge in [0.05, 0.1) is 40.8 Å². The molecular formula is C52H93NO7P+. The van der Waals surface area contributed by atoms with E-state index < -0.39 is 19.9 Å². The van der Waals surface area contributed by atoms with Crippen LogP contribution in [0.15, 0.2) is 85.1 Å². The fourth-order valence-electron chi connectivity index (χ4n) is 6.25. The molecule has 0 aromatic rings. The van der Waals surface area contributed by atoms with E-state index in [0.717, 1.165) is 51.4 Å². The van der Waals surface area contributed by atoms with Gasteiger partial charge in [-0.1, -0.05) is 189 Å². The third kappa shape index (κ3) is 48.6. The van der Waals surface area contributed by atoms with Crippen molar-refractivity contribution in [3.63, 3.8) is 0 Å². The van der Waals surface area contributed by atoms with Crippen LogP contribution in [-0.4, -0.2) is 75.6 Å². The lowest BCUT2D eigenvalue weighted by molar-refractivity contribution is -0.870. The molecule has 2 unspecified atom stereocenters. The summed E-state index contributed by atoms with van der Waals surface area (Å²) in [4.78, 5) is 22.9. The largest absolute Gasteiger partial charge is 0.472 e. The molecule has 9 heteroatoms. The Balaban J connectivity index is 4.22. The fraction of sp³-hybridized carbons (Fsp3) is 0.712. The fourth-order valence-corrected chi connectivity index (χ4v) is 6.99. The second kappa shape index (κ2) is 44.3. The SMILES string of the molecule is CC/C=C\C/C=C\C/C=C\C/C=C\C/C=C\CC(=O)OC(COCCCCCCCCCCCCCC/C=C\C/C=C\CCCCCCC)COP(=O)(O)OCC[N+](C)(C)C. The maximum atomic E-state index is 12.7. The maximum absolute atomic E-state index is 12.7. The molecule has 0 radical (unpaired) electrons. The molecule has 0 aromatic carbocycles. The summed E-state index contributed by atoms with van der Waals surface area (Å²) in [7, 11) is 1.60.